The van der Waals surface area contributed by atoms with Crippen molar-refractivity contribution in [3.05, 3.63) is 43.6 Å². The molecule has 8 nitrogen and oxygen atoms in total. The summed E-state index contributed by atoms with van der Waals surface area (Å²) in [6.45, 7) is 3.70. The number of carbonyl (C=O) groups is 2. The molecule has 11 heteroatoms. The summed E-state index contributed by atoms with van der Waals surface area (Å²) in [7, 11) is 0. The van der Waals surface area contributed by atoms with Crippen molar-refractivity contribution in [2.75, 3.05) is 33.0 Å². The molecule has 0 unspecified atom stereocenters. The molecule has 0 aliphatic heterocycles. The van der Waals surface area contributed by atoms with Crippen LogP contribution in [0.5, 0.6) is 11.5 Å². The topological polar surface area (TPSA) is 123 Å². The zero-order chi connectivity index (χ0) is 23.3. The number of phenols is 1. The second-order valence-electron chi connectivity index (χ2n) is 6.67. The van der Waals surface area contributed by atoms with Crippen molar-refractivity contribution in [3.8, 4) is 11.5 Å². The second-order valence-corrected chi connectivity index (χ2v) is 9.58. The number of hydrogen-bond acceptors (Lipinski definition) is 8. The van der Waals surface area contributed by atoms with Gasteiger partial charge in [0.2, 0.25) is 0 Å². The Kier molecular flexibility index (Phi) is 8.49. The highest BCUT2D eigenvalue weighted by Gasteiger charge is 2.20. The highest BCUT2D eigenvalue weighted by molar-refractivity contribution is 9.10. The molecule has 0 bridgehead atoms. The lowest BCUT2D eigenvalue weighted by atomic mass is 10.2. The molecule has 0 aliphatic rings. The summed E-state index contributed by atoms with van der Waals surface area (Å²) in [6.07, 6.45) is 0.713. The van der Waals surface area contributed by atoms with Gasteiger partial charge in [0.15, 0.2) is 0 Å². The molecule has 0 saturated carbocycles. The van der Waals surface area contributed by atoms with E-state index in [1.807, 2.05) is 6.92 Å². The van der Waals surface area contributed by atoms with Gasteiger partial charge in [0.25, 0.3) is 0 Å². The molecule has 0 fully saturated rings. The number of hydrogen-bond donors (Lipinski definition) is 3. The van der Waals surface area contributed by atoms with Gasteiger partial charge in [-0.15, -0.1) is 22.7 Å². The lowest BCUT2D eigenvalue weighted by molar-refractivity contribution is 0.0374. The number of aryl methyl sites for hydroxylation is 1. The van der Waals surface area contributed by atoms with Gasteiger partial charge >= 0.3 is 11.9 Å². The van der Waals surface area contributed by atoms with Crippen LogP contribution in [0, 0.1) is 6.92 Å². The van der Waals surface area contributed by atoms with Crippen molar-refractivity contribution in [2.45, 2.75) is 13.3 Å². The summed E-state index contributed by atoms with van der Waals surface area (Å²) in [6, 6.07) is 4.02. The maximum absolute atomic E-state index is 11.3. The Morgan fingerprint density at radius 2 is 1.66 bits per heavy atom. The molecule has 32 heavy (non-hydrogen) atoms. The first-order valence-corrected chi connectivity index (χ1v) is 12.0. The molecule has 0 spiro atoms. The number of ether oxygens (including phenoxy) is 3. The molecule has 0 aliphatic carbocycles. The van der Waals surface area contributed by atoms with Crippen LogP contribution in [0.2, 0.25) is 0 Å². The molecule has 0 amide bonds. The van der Waals surface area contributed by atoms with E-state index in [9.17, 15) is 19.8 Å². The van der Waals surface area contributed by atoms with E-state index in [0.717, 1.165) is 24.3 Å². The van der Waals surface area contributed by atoms with Gasteiger partial charge in [0.05, 0.1) is 35.8 Å². The quantitative estimate of drug-likeness (QED) is 0.278. The minimum atomic E-state index is -1.23. The van der Waals surface area contributed by atoms with E-state index in [2.05, 4.69) is 15.9 Å². The summed E-state index contributed by atoms with van der Waals surface area (Å²) in [5.74, 6) is -2.10. The van der Waals surface area contributed by atoms with E-state index in [4.69, 9.17) is 19.3 Å². The summed E-state index contributed by atoms with van der Waals surface area (Å²) < 4.78 is 19.4. The van der Waals surface area contributed by atoms with Crippen molar-refractivity contribution in [2.24, 2.45) is 0 Å². The van der Waals surface area contributed by atoms with Crippen molar-refractivity contribution in [1.82, 2.24) is 0 Å². The highest BCUT2D eigenvalue weighted by atomic mass is 79.9. The number of rotatable bonds is 12. The number of thiophene rings is 2. The maximum Gasteiger partial charge on any atom is 0.346 e. The van der Waals surface area contributed by atoms with E-state index in [1.165, 1.54) is 29.5 Å². The predicted molar refractivity (Wildman–Crippen MR) is 125 cm³/mol. The molecular weight excluding hydrogens is 524 g/mol. The first-order valence-electron chi connectivity index (χ1n) is 9.57. The van der Waals surface area contributed by atoms with Crippen LogP contribution >= 0.6 is 38.6 Å². The van der Waals surface area contributed by atoms with E-state index < -0.39 is 11.9 Å². The number of halogens is 1. The fourth-order valence-electron chi connectivity index (χ4n) is 2.91. The van der Waals surface area contributed by atoms with E-state index in [-0.39, 0.29) is 17.9 Å². The highest BCUT2D eigenvalue weighted by Crippen LogP contribution is 2.43. The summed E-state index contributed by atoms with van der Waals surface area (Å²) in [5.41, 5.74) is 0.587. The zero-order valence-corrected chi connectivity index (χ0v) is 20.3. The summed E-state index contributed by atoms with van der Waals surface area (Å²) >= 11 is 6.45. The molecule has 172 valence electrons. The smallest absolute Gasteiger partial charge is 0.346 e. The molecule has 2 aromatic heterocycles. The summed E-state index contributed by atoms with van der Waals surface area (Å²) in [5, 5.41) is 27.7. The van der Waals surface area contributed by atoms with Crippen LogP contribution in [0.4, 0.5) is 0 Å². The van der Waals surface area contributed by atoms with Crippen LogP contribution in [-0.2, 0) is 15.9 Å². The van der Waals surface area contributed by atoms with Gasteiger partial charge in [-0.25, -0.2) is 9.59 Å². The minimum Gasteiger partial charge on any atom is -0.507 e. The number of aromatic carboxylic acids is 2. The lowest BCUT2D eigenvalue weighted by Gasteiger charge is -2.09. The van der Waals surface area contributed by atoms with Gasteiger partial charge in [0, 0.05) is 15.8 Å². The van der Waals surface area contributed by atoms with Gasteiger partial charge in [-0.3, -0.25) is 0 Å². The molecule has 3 aromatic rings. The largest absolute Gasteiger partial charge is 0.507 e. The number of benzene rings is 1. The Bertz CT molecular complexity index is 1120. The SMILES string of the molecule is Cc1c(C(=O)O)sc2c(Br)c(CCOCCOCCOc3ccc(O)c(C(=O)O)c3)sc12. The van der Waals surface area contributed by atoms with E-state index >= 15 is 0 Å². The summed E-state index contributed by atoms with van der Waals surface area (Å²) in [4.78, 5) is 23.8. The Hall–Kier alpha value is -2.18. The average molecular weight is 545 g/mol. The third-order valence-corrected chi connectivity index (χ3v) is 8.69. The third-order valence-electron chi connectivity index (χ3n) is 4.50. The number of carboxylic acid groups (broad SMARTS) is 2. The molecule has 2 heterocycles. The number of fused-ring (bicyclic) bond motifs is 1. The van der Waals surface area contributed by atoms with Gasteiger partial charge in [-0.1, -0.05) is 0 Å². The average Bonchev–Trinajstić information content (AvgIpc) is 3.24. The van der Waals surface area contributed by atoms with Gasteiger partial charge < -0.3 is 29.5 Å². The van der Waals surface area contributed by atoms with Crippen molar-refractivity contribution < 1.29 is 39.1 Å². The van der Waals surface area contributed by atoms with Crippen molar-refractivity contribution in [3.63, 3.8) is 0 Å². The monoisotopic (exact) mass is 544 g/mol. The Morgan fingerprint density at radius 1 is 0.969 bits per heavy atom. The predicted octanol–water partition coefficient (Wildman–Crippen LogP) is 4.79. The first-order chi connectivity index (χ1) is 15.3. The molecule has 3 rings (SSSR count). The number of aromatic hydroxyl groups is 1. The standard InChI is InChI=1S/C21H21BrO8S2/c1-11-17-19(32-18(11)21(26)27)16(22)15(31-17)4-5-28-6-7-29-8-9-30-12-2-3-14(23)13(10-12)20(24)25/h2-3,10,23H,4-9H2,1H3,(H,24,25)(H,26,27). The molecule has 0 radical (unpaired) electrons. The zero-order valence-electron chi connectivity index (χ0n) is 17.1. The lowest BCUT2D eigenvalue weighted by Crippen LogP contribution is -2.11. The fraction of sp³-hybridized carbons (Fsp3) is 0.333. The van der Waals surface area contributed by atoms with E-state index in [1.54, 1.807) is 11.3 Å². The molecule has 1 aromatic carbocycles. The fourth-order valence-corrected chi connectivity index (χ4v) is 6.38. The van der Waals surface area contributed by atoms with Gasteiger partial charge in [-0.05, 0) is 46.6 Å². The van der Waals surface area contributed by atoms with Crippen LogP contribution in [0.25, 0.3) is 9.40 Å². The van der Waals surface area contributed by atoms with Crippen molar-refractivity contribution in [1.29, 1.82) is 0 Å². The van der Waals surface area contributed by atoms with Crippen LogP contribution < -0.4 is 4.74 Å². The Morgan fingerprint density at radius 3 is 2.31 bits per heavy atom. The number of carboxylic acids is 2. The van der Waals surface area contributed by atoms with Crippen LogP contribution in [0.1, 0.15) is 30.5 Å². The minimum absolute atomic E-state index is 0.216. The van der Waals surface area contributed by atoms with Gasteiger partial charge in [-0.2, -0.15) is 0 Å². The normalized spacial score (nSPS) is 11.2. The maximum atomic E-state index is 11.3. The van der Waals surface area contributed by atoms with Gasteiger partial charge in [0.1, 0.15) is 28.5 Å². The van der Waals surface area contributed by atoms with Crippen LogP contribution in [0.15, 0.2) is 22.7 Å². The first kappa shape index (κ1) is 24.5. The molecule has 0 atom stereocenters. The van der Waals surface area contributed by atoms with Crippen LogP contribution in [-0.4, -0.2) is 60.3 Å². The molecular formula is C21H21BrO8S2. The van der Waals surface area contributed by atoms with E-state index in [0.29, 0.717) is 43.5 Å². The van der Waals surface area contributed by atoms with Crippen molar-refractivity contribution >= 4 is 59.9 Å². The Labute approximate surface area is 200 Å². The van der Waals surface area contributed by atoms with Crippen LogP contribution in [0.3, 0.4) is 0 Å². The second kappa shape index (κ2) is 11.1. The Balaban J connectivity index is 1.33. The molecule has 0 saturated heterocycles. The molecule has 3 N–H and O–H groups in total. The third kappa shape index (κ3) is 5.78.